The van der Waals surface area contributed by atoms with Crippen molar-refractivity contribution >= 4 is 11.0 Å². The Bertz CT molecular complexity index is 1370. The van der Waals surface area contributed by atoms with Crippen LogP contribution < -0.4 is 5.56 Å². The highest BCUT2D eigenvalue weighted by Crippen LogP contribution is 2.37. The van der Waals surface area contributed by atoms with E-state index in [1.54, 1.807) is 0 Å². The average molecular weight is 454 g/mol. The van der Waals surface area contributed by atoms with Gasteiger partial charge in [-0.1, -0.05) is 42.5 Å². The molecule has 0 radical (unpaired) electrons. The molecule has 0 saturated carbocycles. The summed E-state index contributed by atoms with van der Waals surface area (Å²) in [4.78, 5) is 18.3. The highest BCUT2D eigenvalue weighted by Gasteiger charge is 2.35. The molecule has 1 fully saturated rings. The van der Waals surface area contributed by atoms with Crippen LogP contribution in [-0.2, 0) is 19.6 Å². The van der Waals surface area contributed by atoms with E-state index in [0.29, 0.717) is 11.8 Å². The van der Waals surface area contributed by atoms with Gasteiger partial charge in [-0.15, -0.1) is 0 Å². The standard InChI is InChI=1S/C29H31N3O2/c1-30(2)17-22-8-3-5-9-25(22)26-11-12-27-23-13-20(16-32(27)29(26)33)15-31(18-23)19-24-14-21-7-4-6-10-28(21)34-24/h3-12,14,20,23H,13,15-19H2,1-2H3/t20-,23+/m0/s1. The molecule has 0 N–H and O–H groups in total. The van der Waals surface area contributed by atoms with E-state index < -0.39 is 0 Å². The van der Waals surface area contributed by atoms with Crippen LogP contribution in [0.3, 0.4) is 0 Å². The smallest absolute Gasteiger partial charge is 0.258 e. The minimum atomic E-state index is 0.157. The normalized spacial score (nSPS) is 20.1. The van der Waals surface area contributed by atoms with Gasteiger partial charge in [-0.05, 0) is 61.8 Å². The number of pyridine rings is 1. The Labute approximate surface area is 200 Å². The third-order valence-electron chi connectivity index (χ3n) is 7.33. The SMILES string of the molecule is CN(C)Cc1ccccc1-c1ccc2n(c1=O)C[C@H]1C[C@@H]2CN(Cc2cc3ccccc3o2)C1. The molecule has 2 aliphatic heterocycles. The van der Waals surface area contributed by atoms with Crippen molar-refractivity contribution in [2.24, 2.45) is 5.92 Å². The number of para-hydroxylation sites is 1. The summed E-state index contributed by atoms with van der Waals surface area (Å²) >= 11 is 0. The molecule has 1 saturated heterocycles. The second-order valence-electron chi connectivity index (χ2n) is 10.2. The number of hydrogen-bond donors (Lipinski definition) is 0. The van der Waals surface area contributed by atoms with Gasteiger partial charge in [0.15, 0.2) is 0 Å². The fraction of sp³-hybridized carbons (Fsp3) is 0.345. The van der Waals surface area contributed by atoms with Gasteiger partial charge < -0.3 is 13.9 Å². The number of benzene rings is 2. The van der Waals surface area contributed by atoms with Crippen LogP contribution >= 0.6 is 0 Å². The van der Waals surface area contributed by atoms with Crippen molar-refractivity contribution in [3.8, 4) is 11.1 Å². The van der Waals surface area contributed by atoms with E-state index >= 15 is 0 Å². The molecule has 174 valence electrons. The zero-order valence-electron chi connectivity index (χ0n) is 19.9. The van der Waals surface area contributed by atoms with Crippen LogP contribution in [0.1, 0.15) is 29.4 Å². The summed E-state index contributed by atoms with van der Waals surface area (Å²) in [6.45, 7) is 4.40. The molecule has 2 atom stereocenters. The van der Waals surface area contributed by atoms with Gasteiger partial charge in [-0.25, -0.2) is 0 Å². The molecule has 0 unspecified atom stereocenters. The minimum absolute atomic E-state index is 0.157. The van der Waals surface area contributed by atoms with Crippen molar-refractivity contribution in [2.75, 3.05) is 27.2 Å². The van der Waals surface area contributed by atoms with Crippen molar-refractivity contribution < 1.29 is 4.42 Å². The second-order valence-corrected chi connectivity index (χ2v) is 10.2. The summed E-state index contributed by atoms with van der Waals surface area (Å²) in [7, 11) is 4.13. The zero-order chi connectivity index (χ0) is 23.2. The Kier molecular flexibility index (Phi) is 5.39. The topological polar surface area (TPSA) is 41.6 Å². The molecular weight excluding hydrogens is 422 g/mol. The first-order valence-electron chi connectivity index (χ1n) is 12.2. The van der Waals surface area contributed by atoms with Gasteiger partial charge in [-0.2, -0.15) is 0 Å². The number of rotatable bonds is 5. The van der Waals surface area contributed by atoms with Crippen LogP contribution in [0.4, 0.5) is 0 Å². The van der Waals surface area contributed by atoms with Crippen molar-refractivity contribution in [1.82, 2.24) is 14.4 Å². The second kappa shape index (κ2) is 8.57. The van der Waals surface area contributed by atoms with Crippen LogP contribution in [0.5, 0.6) is 0 Å². The van der Waals surface area contributed by atoms with Crippen molar-refractivity contribution in [3.63, 3.8) is 0 Å². The molecule has 2 bridgehead atoms. The van der Waals surface area contributed by atoms with E-state index in [-0.39, 0.29) is 5.56 Å². The van der Waals surface area contributed by atoms with Gasteiger partial charge in [0.25, 0.3) is 5.56 Å². The molecule has 2 aromatic heterocycles. The van der Waals surface area contributed by atoms with Gasteiger partial charge >= 0.3 is 0 Å². The van der Waals surface area contributed by atoms with E-state index in [2.05, 4.69) is 77.0 Å². The maximum Gasteiger partial charge on any atom is 0.258 e. The number of fused-ring (bicyclic) bond motifs is 5. The summed E-state index contributed by atoms with van der Waals surface area (Å²) in [5, 5.41) is 1.16. The lowest BCUT2D eigenvalue weighted by molar-refractivity contribution is 0.108. The summed E-state index contributed by atoms with van der Waals surface area (Å²) in [6.07, 6.45) is 1.16. The van der Waals surface area contributed by atoms with E-state index in [1.165, 1.54) is 11.3 Å². The number of aromatic nitrogens is 1. The van der Waals surface area contributed by atoms with Gasteiger partial charge in [0.05, 0.1) is 6.54 Å². The van der Waals surface area contributed by atoms with Gasteiger partial charge in [0.1, 0.15) is 11.3 Å². The summed E-state index contributed by atoms with van der Waals surface area (Å²) in [5.74, 6) is 1.89. The molecule has 4 heterocycles. The van der Waals surface area contributed by atoms with Crippen LogP contribution in [0, 0.1) is 5.92 Å². The number of piperidine rings is 1. The van der Waals surface area contributed by atoms with E-state index in [1.807, 2.05) is 18.2 Å². The number of likely N-dealkylation sites (tertiary alicyclic amines) is 1. The molecule has 5 nitrogen and oxygen atoms in total. The average Bonchev–Trinajstić information content (AvgIpc) is 3.22. The quantitative estimate of drug-likeness (QED) is 0.429. The highest BCUT2D eigenvalue weighted by molar-refractivity contribution is 5.77. The van der Waals surface area contributed by atoms with E-state index in [9.17, 15) is 4.79 Å². The van der Waals surface area contributed by atoms with Crippen LogP contribution in [0.15, 0.2) is 75.9 Å². The lowest BCUT2D eigenvalue weighted by Gasteiger charge is -2.42. The molecule has 2 aliphatic rings. The molecule has 0 spiro atoms. The Morgan fingerprint density at radius 3 is 2.62 bits per heavy atom. The first-order valence-corrected chi connectivity index (χ1v) is 12.2. The van der Waals surface area contributed by atoms with Gasteiger partial charge in [0.2, 0.25) is 0 Å². The van der Waals surface area contributed by atoms with E-state index in [4.69, 9.17) is 4.42 Å². The fourth-order valence-electron chi connectivity index (χ4n) is 5.98. The molecule has 5 heteroatoms. The molecular formula is C29H31N3O2. The predicted molar refractivity (Wildman–Crippen MR) is 136 cm³/mol. The summed E-state index contributed by atoms with van der Waals surface area (Å²) < 4.78 is 8.15. The Hall–Kier alpha value is -3.15. The Morgan fingerprint density at radius 1 is 0.941 bits per heavy atom. The maximum absolute atomic E-state index is 13.7. The van der Waals surface area contributed by atoms with Gasteiger partial charge in [0, 0.05) is 48.7 Å². The van der Waals surface area contributed by atoms with Crippen molar-refractivity contribution in [3.05, 3.63) is 94.1 Å². The first kappa shape index (κ1) is 21.4. The van der Waals surface area contributed by atoms with Crippen LogP contribution in [0.25, 0.3) is 22.1 Å². The number of hydrogen-bond acceptors (Lipinski definition) is 4. The third-order valence-corrected chi connectivity index (χ3v) is 7.33. The first-order chi connectivity index (χ1) is 16.5. The molecule has 0 aliphatic carbocycles. The van der Waals surface area contributed by atoms with E-state index in [0.717, 1.165) is 67.0 Å². The van der Waals surface area contributed by atoms with Crippen molar-refractivity contribution in [2.45, 2.75) is 32.0 Å². The predicted octanol–water partition coefficient (Wildman–Crippen LogP) is 4.94. The third kappa shape index (κ3) is 3.89. The molecule has 4 aromatic rings. The summed E-state index contributed by atoms with van der Waals surface area (Å²) in [6, 6.07) is 22.9. The van der Waals surface area contributed by atoms with Gasteiger partial charge in [-0.3, -0.25) is 9.69 Å². The Balaban J connectivity index is 1.28. The Morgan fingerprint density at radius 2 is 1.76 bits per heavy atom. The van der Waals surface area contributed by atoms with Crippen LogP contribution in [0.2, 0.25) is 0 Å². The monoisotopic (exact) mass is 453 g/mol. The highest BCUT2D eigenvalue weighted by atomic mass is 16.3. The molecule has 0 amide bonds. The zero-order valence-corrected chi connectivity index (χ0v) is 19.9. The minimum Gasteiger partial charge on any atom is -0.460 e. The number of nitrogens with zero attached hydrogens (tertiary/aromatic N) is 3. The molecule has 2 aromatic carbocycles. The molecule has 6 rings (SSSR count). The lowest BCUT2D eigenvalue weighted by atomic mass is 9.82. The maximum atomic E-state index is 13.7. The largest absolute Gasteiger partial charge is 0.460 e. The fourth-order valence-corrected chi connectivity index (χ4v) is 5.98. The van der Waals surface area contributed by atoms with Crippen LogP contribution in [-0.4, -0.2) is 41.6 Å². The number of furan rings is 1. The molecule has 34 heavy (non-hydrogen) atoms. The summed E-state index contributed by atoms with van der Waals surface area (Å²) in [5.41, 5.74) is 5.36. The van der Waals surface area contributed by atoms with Crippen molar-refractivity contribution in [1.29, 1.82) is 0 Å². The lowest BCUT2D eigenvalue weighted by Crippen LogP contribution is -2.46.